The molecular weight excluding hydrogens is 305 g/mol. The summed E-state index contributed by atoms with van der Waals surface area (Å²) in [7, 11) is 0. The van der Waals surface area contributed by atoms with Crippen LogP contribution in [-0.4, -0.2) is 37.2 Å². The fourth-order valence-corrected chi connectivity index (χ4v) is 2.45. The lowest BCUT2D eigenvalue weighted by Crippen LogP contribution is -2.40. The molecule has 4 nitrogen and oxygen atoms in total. The highest BCUT2D eigenvalue weighted by molar-refractivity contribution is 8.00. The van der Waals surface area contributed by atoms with E-state index in [1.165, 1.54) is 24.3 Å². The zero-order chi connectivity index (χ0) is 15.3. The summed E-state index contributed by atoms with van der Waals surface area (Å²) < 4.78 is 42.0. The Balaban J connectivity index is 1.83. The lowest BCUT2D eigenvalue weighted by molar-refractivity contribution is -0.119. The van der Waals surface area contributed by atoms with Gasteiger partial charge in [0, 0.05) is 23.7 Å². The van der Waals surface area contributed by atoms with Crippen LogP contribution in [0.1, 0.15) is 6.42 Å². The fourth-order valence-electron chi connectivity index (χ4n) is 1.91. The van der Waals surface area contributed by atoms with Gasteiger partial charge in [0.1, 0.15) is 0 Å². The van der Waals surface area contributed by atoms with E-state index in [1.807, 2.05) is 0 Å². The molecule has 1 aliphatic heterocycles. The summed E-state index contributed by atoms with van der Waals surface area (Å²) in [6.07, 6.45) is 0.0466. The number of hydrogen-bond acceptors (Lipinski definition) is 4. The maximum Gasteiger partial charge on any atom is 0.446 e. The van der Waals surface area contributed by atoms with Crippen molar-refractivity contribution in [3.05, 3.63) is 24.3 Å². The molecule has 0 bridgehead atoms. The number of carbonyl (C=O) groups is 1. The normalized spacial score (nSPS) is 19.3. The predicted octanol–water partition coefficient (Wildman–Crippen LogP) is 2.62. The lowest BCUT2D eigenvalue weighted by Gasteiger charge is -2.23. The SMILES string of the molecule is O=C(CC1CNCCO1)Nc1ccc(SC(F)(F)F)cc1. The molecule has 0 radical (unpaired) electrons. The minimum absolute atomic E-state index is 0.0836. The van der Waals surface area contributed by atoms with Crippen LogP contribution in [0.4, 0.5) is 18.9 Å². The van der Waals surface area contributed by atoms with Gasteiger partial charge in [0.25, 0.3) is 0 Å². The van der Waals surface area contributed by atoms with Gasteiger partial charge >= 0.3 is 5.51 Å². The number of benzene rings is 1. The van der Waals surface area contributed by atoms with Crippen LogP contribution in [0.2, 0.25) is 0 Å². The molecule has 1 heterocycles. The minimum Gasteiger partial charge on any atom is -0.375 e. The number of thioether (sulfide) groups is 1. The van der Waals surface area contributed by atoms with Crippen molar-refractivity contribution in [1.82, 2.24) is 5.32 Å². The van der Waals surface area contributed by atoms with Crippen molar-refractivity contribution in [3.63, 3.8) is 0 Å². The number of alkyl halides is 3. The van der Waals surface area contributed by atoms with E-state index in [9.17, 15) is 18.0 Å². The number of halogens is 3. The van der Waals surface area contributed by atoms with Crippen molar-refractivity contribution in [1.29, 1.82) is 0 Å². The van der Waals surface area contributed by atoms with Gasteiger partial charge in [-0.25, -0.2) is 0 Å². The number of rotatable bonds is 4. The Bertz CT molecular complexity index is 473. The standard InChI is InChI=1S/C13H15F3N2O2S/c14-13(15,16)21-11-3-1-9(2-4-11)18-12(19)7-10-8-17-5-6-20-10/h1-4,10,17H,5-8H2,(H,18,19). The van der Waals surface area contributed by atoms with E-state index in [0.717, 1.165) is 6.54 Å². The van der Waals surface area contributed by atoms with Crippen LogP contribution in [-0.2, 0) is 9.53 Å². The van der Waals surface area contributed by atoms with E-state index in [4.69, 9.17) is 4.74 Å². The van der Waals surface area contributed by atoms with E-state index in [0.29, 0.717) is 18.8 Å². The first kappa shape index (κ1) is 16.1. The number of nitrogens with one attached hydrogen (secondary N) is 2. The average molecular weight is 320 g/mol. The zero-order valence-corrected chi connectivity index (χ0v) is 11.9. The van der Waals surface area contributed by atoms with Crippen molar-refractivity contribution in [2.24, 2.45) is 0 Å². The highest BCUT2D eigenvalue weighted by Gasteiger charge is 2.29. The molecule has 2 rings (SSSR count). The summed E-state index contributed by atoms with van der Waals surface area (Å²) in [5, 5.41) is 5.76. The summed E-state index contributed by atoms with van der Waals surface area (Å²) in [6.45, 7) is 1.96. The van der Waals surface area contributed by atoms with Crippen LogP contribution in [0, 0.1) is 0 Å². The summed E-state index contributed by atoms with van der Waals surface area (Å²) in [5.41, 5.74) is -3.84. The number of amides is 1. The number of anilines is 1. The van der Waals surface area contributed by atoms with Crippen LogP contribution in [0.15, 0.2) is 29.2 Å². The van der Waals surface area contributed by atoms with E-state index in [1.54, 1.807) is 0 Å². The van der Waals surface area contributed by atoms with Gasteiger partial charge in [-0.1, -0.05) is 0 Å². The summed E-state index contributed by atoms with van der Waals surface area (Å²) in [4.78, 5) is 11.9. The van der Waals surface area contributed by atoms with E-state index in [-0.39, 0.29) is 35.1 Å². The Kier molecular flexibility index (Phi) is 5.49. The molecule has 1 fully saturated rings. The molecule has 0 spiro atoms. The molecule has 1 aliphatic rings. The third kappa shape index (κ3) is 5.94. The van der Waals surface area contributed by atoms with Crippen molar-refractivity contribution < 1.29 is 22.7 Å². The molecule has 0 aromatic heterocycles. The highest BCUT2D eigenvalue weighted by Crippen LogP contribution is 2.37. The monoisotopic (exact) mass is 320 g/mol. The minimum atomic E-state index is -4.31. The van der Waals surface area contributed by atoms with Crippen LogP contribution < -0.4 is 10.6 Å². The van der Waals surface area contributed by atoms with Gasteiger partial charge in [-0.2, -0.15) is 13.2 Å². The number of hydrogen-bond donors (Lipinski definition) is 2. The smallest absolute Gasteiger partial charge is 0.375 e. The zero-order valence-electron chi connectivity index (χ0n) is 11.1. The maximum absolute atomic E-state index is 12.2. The molecule has 1 amide bonds. The van der Waals surface area contributed by atoms with E-state index < -0.39 is 5.51 Å². The van der Waals surface area contributed by atoms with Gasteiger partial charge in [-0.3, -0.25) is 4.79 Å². The van der Waals surface area contributed by atoms with Gasteiger partial charge in [0.15, 0.2) is 0 Å². The Labute approximate surface area is 124 Å². The molecule has 116 valence electrons. The van der Waals surface area contributed by atoms with Crippen molar-refractivity contribution in [3.8, 4) is 0 Å². The topological polar surface area (TPSA) is 50.4 Å². The third-order valence-electron chi connectivity index (χ3n) is 2.79. The molecule has 21 heavy (non-hydrogen) atoms. The molecule has 1 saturated heterocycles. The average Bonchev–Trinajstić information content (AvgIpc) is 2.40. The second-order valence-corrected chi connectivity index (χ2v) is 5.66. The third-order valence-corrected chi connectivity index (χ3v) is 3.53. The molecule has 1 unspecified atom stereocenters. The van der Waals surface area contributed by atoms with Crippen molar-refractivity contribution in [2.75, 3.05) is 25.0 Å². The fraction of sp³-hybridized carbons (Fsp3) is 0.462. The maximum atomic E-state index is 12.2. The first-order chi connectivity index (χ1) is 9.92. The molecule has 8 heteroatoms. The van der Waals surface area contributed by atoms with E-state index in [2.05, 4.69) is 10.6 Å². The summed E-state index contributed by atoms with van der Waals surface area (Å²) in [5.74, 6) is -0.222. The van der Waals surface area contributed by atoms with Gasteiger partial charge in [-0.15, -0.1) is 0 Å². The van der Waals surface area contributed by atoms with Gasteiger partial charge in [0.05, 0.1) is 19.1 Å². The number of carbonyl (C=O) groups excluding carboxylic acids is 1. The lowest BCUT2D eigenvalue weighted by atomic mass is 10.2. The van der Waals surface area contributed by atoms with Crippen LogP contribution >= 0.6 is 11.8 Å². The summed E-state index contributed by atoms with van der Waals surface area (Å²) >= 11 is -0.184. The predicted molar refractivity (Wildman–Crippen MR) is 74.2 cm³/mol. The van der Waals surface area contributed by atoms with Gasteiger partial charge in [-0.05, 0) is 36.0 Å². The number of morpholine rings is 1. The van der Waals surface area contributed by atoms with Crippen LogP contribution in [0.25, 0.3) is 0 Å². The highest BCUT2D eigenvalue weighted by atomic mass is 32.2. The van der Waals surface area contributed by atoms with Crippen molar-refractivity contribution in [2.45, 2.75) is 22.9 Å². The van der Waals surface area contributed by atoms with Crippen molar-refractivity contribution >= 4 is 23.4 Å². The molecule has 0 saturated carbocycles. The molecule has 2 N–H and O–H groups in total. The van der Waals surface area contributed by atoms with Gasteiger partial charge < -0.3 is 15.4 Å². The van der Waals surface area contributed by atoms with Crippen LogP contribution in [0.5, 0.6) is 0 Å². The first-order valence-corrected chi connectivity index (χ1v) is 7.22. The molecular formula is C13H15F3N2O2S. The Morgan fingerprint density at radius 2 is 2.10 bits per heavy atom. The molecule has 1 atom stereocenters. The Hall–Kier alpha value is -1.25. The largest absolute Gasteiger partial charge is 0.446 e. The second kappa shape index (κ2) is 7.15. The number of ether oxygens (including phenoxy) is 1. The Morgan fingerprint density at radius 1 is 1.38 bits per heavy atom. The summed E-state index contributed by atoms with van der Waals surface area (Å²) in [6, 6.07) is 5.55. The van der Waals surface area contributed by atoms with Gasteiger partial charge in [0.2, 0.25) is 5.91 Å². The van der Waals surface area contributed by atoms with E-state index >= 15 is 0 Å². The molecule has 0 aliphatic carbocycles. The van der Waals surface area contributed by atoms with Crippen LogP contribution in [0.3, 0.4) is 0 Å². The first-order valence-electron chi connectivity index (χ1n) is 6.40. The molecule has 1 aromatic rings. The second-order valence-electron chi connectivity index (χ2n) is 4.52. The molecule has 1 aromatic carbocycles. The quantitative estimate of drug-likeness (QED) is 0.838. The Morgan fingerprint density at radius 3 is 2.67 bits per heavy atom.